The highest BCUT2D eigenvalue weighted by Crippen LogP contribution is 2.13. The Kier molecular flexibility index (Phi) is 9.29. The van der Waals surface area contributed by atoms with Gasteiger partial charge in [-0.25, -0.2) is 0 Å². The molecule has 0 heterocycles. The third kappa shape index (κ3) is 7.78. The molecule has 1 rings (SSSR count). The number of allylic oxidation sites excluding steroid dienone is 1. The van der Waals surface area contributed by atoms with E-state index in [0.717, 1.165) is 31.5 Å². The van der Waals surface area contributed by atoms with E-state index < -0.39 is 0 Å². The topological polar surface area (TPSA) is 26.3 Å². The van der Waals surface area contributed by atoms with Crippen molar-refractivity contribution in [3.05, 3.63) is 42.5 Å². The van der Waals surface area contributed by atoms with Crippen LogP contribution < -0.4 is 4.74 Å². The molecular weight excluding hydrogens is 248 g/mol. The van der Waals surface area contributed by atoms with Gasteiger partial charge in [0.05, 0.1) is 6.61 Å². The van der Waals surface area contributed by atoms with Gasteiger partial charge in [0.25, 0.3) is 0 Å². The van der Waals surface area contributed by atoms with Crippen LogP contribution in [0.4, 0.5) is 0 Å². The van der Waals surface area contributed by atoms with Crippen LogP contribution in [0.1, 0.15) is 61.7 Å². The van der Waals surface area contributed by atoms with Crippen LogP contribution in [0.15, 0.2) is 36.9 Å². The van der Waals surface area contributed by atoms with Gasteiger partial charge < -0.3 is 4.74 Å². The van der Waals surface area contributed by atoms with Crippen molar-refractivity contribution in [3.8, 4) is 5.75 Å². The summed E-state index contributed by atoms with van der Waals surface area (Å²) in [6, 6.07) is 7.27. The fraction of sp³-hybridized carbons (Fsp3) is 0.500. The largest absolute Gasteiger partial charge is 0.494 e. The third-order valence-electron chi connectivity index (χ3n) is 3.34. The second-order valence-electron chi connectivity index (χ2n) is 5.09. The maximum atomic E-state index is 10.5. The van der Waals surface area contributed by atoms with Crippen molar-refractivity contribution < 1.29 is 9.53 Å². The van der Waals surface area contributed by atoms with Crippen LogP contribution in [0, 0.1) is 0 Å². The summed E-state index contributed by atoms with van der Waals surface area (Å²) >= 11 is 0. The fourth-order valence-electron chi connectivity index (χ4n) is 2.11. The summed E-state index contributed by atoms with van der Waals surface area (Å²) in [6.07, 6.45) is 12.9. The maximum Gasteiger partial charge on any atom is 0.150 e. The molecule has 2 heteroatoms. The molecule has 0 unspecified atom stereocenters. The van der Waals surface area contributed by atoms with Gasteiger partial charge in [0.15, 0.2) is 0 Å². The fourth-order valence-corrected chi connectivity index (χ4v) is 2.11. The van der Waals surface area contributed by atoms with E-state index in [4.69, 9.17) is 4.74 Å². The van der Waals surface area contributed by atoms with E-state index in [1.165, 1.54) is 38.5 Å². The summed E-state index contributed by atoms with van der Waals surface area (Å²) in [5.41, 5.74) is 0.689. The average Bonchev–Trinajstić information content (AvgIpc) is 2.50. The Morgan fingerprint density at radius 3 is 2.10 bits per heavy atom. The van der Waals surface area contributed by atoms with Crippen molar-refractivity contribution in [3.63, 3.8) is 0 Å². The van der Waals surface area contributed by atoms with Gasteiger partial charge in [0.2, 0.25) is 0 Å². The van der Waals surface area contributed by atoms with E-state index in [9.17, 15) is 4.79 Å². The first-order chi connectivity index (χ1) is 9.86. The van der Waals surface area contributed by atoms with E-state index in [1.807, 2.05) is 18.2 Å². The summed E-state index contributed by atoms with van der Waals surface area (Å²) in [4.78, 5) is 10.5. The maximum absolute atomic E-state index is 10.5. The number of aldehydes is 1. The minimum atomic E-state index is 0.689. The lowest BCUT2D eigenvalue weighted by Crippen LogP contribution is -1.97. The normalized spacial score (nSPS) is 10.2. The Bertz CT molecular complexity index is 368. The molecule has 0 spiro atoms. The van der Waals surface area contributed by atoms with Crippen molar-refractivity contribution in [1.29, 1.82) is 0 Å². The molecule has 0 radical (unpaired) electrons. The van der Waals surface area contributed by atoms with Crippen LogP contribution in [-0.2, 0) is 0 Å². The molecule has 1 aromatic carbocycles. The minimum absolute atomic E-state index is 0.689. The van der Waals surface area contributed by atoms with Crippen molar-refractivity contribution in [1.82, 2.24) is 0 Å². The first-order valence-corrected chi connectivity index (χ1v) is 7.66. The van der Waals surface area contributed by atoms with Crippen molar-refractivity contribution in [2.24, 2.45) is 0 Å². The Labute approximate surface area is 122 Å². The van der Waals surface area contributed by atoms with E-state index in [-0.39, 0.29) is 0 Å². The molecule has 0 bridgehead atoms. The van der Waals surface area contributed by atoms with Gasteiger partial charge in [-0.15, -0.1) is 6.58 Å². The van der Waals surface area contributed by atoms with Gasteiger partial charge in [-0.1, -0.05) is 38.2 Å². The highest BCUT2D eigenvalue weighted by atomic mass is 16.5. The van der Waals surface area contributed by atoms with Crippen molar-refractivity contribution >= 4 is 6.29 Å². The number of benzene rings is 1. The number of carbonyl (C=O) groups excluding carboxylic acids is 1. The zero-order valence-corrected chi connectivity index (χ0v) is 12.4. The number of ether oxygens (including phenoxy) is 1. The summed E-state index contributed by atoms with van der Waals surface area (Å²) < 4.78 is 5.64. The second kappa shape index (κ2) is 11.3. The van der Waals surface area contributed by atoms with Crippen LogP contribution >= 0.6 is 0 Å². The number of rotatable bonds is 12. The molecule has 0 saturated carbocycles. The van der Waals surface area contributed by atoms with Crippen molar-refractivity contribution in [2.45, 2.75) is 51.4 Å². The summed E-state index contributed by atoms with van der Waals surface area (Å²) in [5.74, 6) is 0.847. The summed E-state index contributed by atoms with van der Waals surface area (Å²) in [6.45, 7) is 4.49. The highest BCUT2D eigenvalue weighted by molar-refractivity contribution is 5.74. The quantitative estimate of drug-likeness (QED) is 0.298. The molecule has 2 nitrogen and oxygen atoms in total. The van der Waals surface area contributed by atoms with Crippen LogP contribution in [-0.4, -0.2) is 12.9 Å². The molecule has 0 aliphatic carbocycles. The lowest BCUT2D eigenvalue weighted by molar-refractivity contribution is 0.112. The SMILES string of the molecule is C=CCCCCCCCCCOc1ccc(C=O)cc1. The lowest BCUT2D eigenvalue weighted by Gasteiger charge is -2.06. The van der Waals surface area contributed by atoms with Gasteiger partial charge in [-0.05, 0) is 43.5 Å². The first kappa shape index (κ1) is 16.5. The Balaban J connectivity index is 1.93. The molecule has 0 amide bonds. The molecule has 20 heavy (non-hydrogen) atoms. The smallest absolute Gasteiger partial charge is 0.150 e. The van der Waals surface area contributed by atoms with E-state index in [1.54, 1.807) is 12.1 Å². The first-order valence-electron chi connectivity index (χ1n) is 7.66. The predicted octanol–water partition coefficient (Wildman–Crippen LogP) is 5.18. The molecule has 1 aromatic rings. The van der Waals surface area contributed by atoms with E-state index >= 15 is 0 Å². The standard InChI is InChI=1S/C18H26O2/c1-2-3-4-5-6-7-8-9-10-15-20-18-13-11-17(16-19)12-14-18/h2,11-14,16H,1,3-10,15H2. The monoisotopic (exact) mass is 274 g/mol. The number of carbonyl (C=O) groups is 1. The molecule has 0 aliphatic rings. The second-order valence-corrected chi connectivity index (χ2v) is 5.09. The van der Waals surface area contributed by atoms with Gasteiger partial charge in [-0.3, -0.25) is 4.79 Å². The Morgan fingerprint density at radius 1 is 0.900 bits per heavy atom. The molecule has 0 N–H and O–H groups in total. The number of hydrogen-bond acceptors (Lipinski definition) is 2. The molecule has 0 aliphatic heterocycles. The van der Waals surface area contributed by atoms with Crippen LogP contribution in [0.25, 0.3) is 0 Å². The van der Waals surface area contributed by atoms with Gasteiger partial charge in [-0.2, -0.15) is 0 Å². The lowest BCUT2D eigenvalue weighted by atomic mass is 10.1. The highest BCUT2D eigenvalue weighted by Gasteiger charge is 1.95. The summed E-state index contributed by atoms with van der Waals surface area (Å²) in [7, 11) is 0. The zero-order chi connectivity index (χ0) is 14.5. The van der Waals surface area contributed by atoms with Crippen LogP contribution in [0.3, 0.4) is 0 Å². The Morgan fingerprint density at radius 2 is 1.50 bits per heavy atom. The van der Waals surface area contributed by atoms with Gasteiger partial charge in [0.1, 0.15) is 12.0 Å². The number of unbranched alkanes of at least 4 members (excludes halogenated alkanes) is 7. The van der Waals surface area contributed by atoms with Crippen LogP contribution in [0.5, 0.6) is 5.75 Å². The van der Waals surface area contributed by atoms with Gasteiger partial charge in [0, 0.05) is 5.56 Å². The third-order valence-corrected chi connectivity index (χ3v) is 3.34. The van der Waals surface area contributed by atoms with E-state index in [2.05, 4.69) is 6.58 Å². The molecule has 0 saturated heterocycles. The van der Waals surface area contributed by atoms with Gasteiger partial charge >= 0.3 is 0 Å². The predicted molar refractivity (Wildman–Crippen MR) is 84.5 cm³/mol. The van der Waals surface area contributed by atoms with Crippen LogP contribution in [0.2, 0.25) is 0 Å². The molecule has 0 aromatic heterocycles. The summed E-state index contributed by atoms with van der Waals surface area (Å²) in [5, 5.41) is 0. The van der Waals surface area contributed by atoms with E-state index in [0.29, 0.717) is 5.56 Å². The number of hydrogen-bond donors (Lipinski definition) is 0. The molecule has 0 atom stereocenters. The zero-order valence-electron chi connectivity index (χ0n) is 12.4. The average molecular weight is 274 g/mol. The minimum Gasteiger partial charge on any atom is -0.494 e. The van der Waals surface area contributed by atoms with Crippen molar-refractivity contribution in [2.75, 3.05) is 6.61 Å². The Hall–Kier alpha value is -1.57. The molecule has 0 fully saturated rings. The molecule has 110 valence electrons. The molecular formula is C18H26O2.